The van der Waals surface area contributed by atoms with E-state index in [0.29, 0.717) is 0 Å². The number of esters is 1. The van der Waals surface area contributed by atoms with Crippen LogP contribution >= 0.6 is 0 Å². The summed E-state index contributed by atoms with van der Waals surface area (Å²) in [5, 5.41) is 12.5. The van der Waals surface area contributed by atoms with Gasteiger partial charge in [0.2, 0.25) is 0 Å². The van der Waals surface area contributed by atoms with Crippen molar-refractivity contribution in [1.29, 1.82) is 4.29 Å². The molecule has 1 rings (SSSR count). The summed E-state index contributed by atoms with van der Waals surface area (Å²) in [6.45, 7) is 1.83. The quantitative estimate of drug-likeness (QED) is 0.488. The summed E-state index contributed by atoms with van der Waals surface area (Å²) in [5.74, 6) is -1.34. The van der Waals surface area contributed by atoms with Gasteiger partial charge in [0.1, 0.15) is 0 Å². The van der Waals surface area contributed by atoms with Crippen LogP contribution in [0.5, 0.6) is 17.2 Å². The molecule has 5 nitrogen and oxygen atoms in total. The summed E-state index contributed by atoms with van der Waals surface area (Å²) in [6, 6.07) is 2.33. The van der Waals surface area contributed by atoms with Gasteiger partial charge in [-0.3, -0.25) is 0 Å². The van der Waals surface area contributed by atoms with Crippen LogP contribution in [0.15, 0.2) is 12.1 Å². The number of carbonyl (C=O) groups excluding carboxylic acids is 1. The standard InChI is InChI=1S/C9H10O5/c1-2-14-9(13)5-3-6(10)8(12)7(11)4-5/h3-4,10-12H,2H2,1H3/i/hD3. The average molecular weight is 201 g/mol. The highest BCUT2D eigenvalue weighted by atomic mass is 16.5. The molecule has 0 amide bonds. The molecule has 5 heteroatoms. The van der Waals surface area contributed by atoms with Crippen LogP contribution in [-0.4, -0.2) is 32.2 Å². The molecule has 3 N–H and O–H groups in total. The Hall–Kier alpha value is -1.91. The second kappa shape index (κ2) is 3.87. The highest BCUT2D eigenvalue weighted by Crippen LogP contribution is 2.35. The zero-order chi connectivity index (χ0) is 12.8. The number of phenols is 3. The van der Waals surface area contributed by atoms with Gasteiger partial charge >= 0.3 is 5.97 Å². The molecule has 1 aromatic rings. The lowest BCUT2D eigenvalue weighted by Gasteiger charge is -2.04. The molecule has 0 spiro atoms. The Morgan fingerprint density at radius 2 is 2.07 bits per heavy atom. The van der Waals surface area contributed by atoms with E-state index in [1.54, 1.807) is 6.92 Å². The van der Waals surface area contributed by atoms with Crippen LogP contribution in [0, 0.1) is 0 Å². The van der Waals surface area contributed by atoms with Gasteiger partial charge in [-0.2, -0.15) is 0 Å². The smallest absolute Gasteiger partial charge is 0.338 e. The number of rotatable bonds is 5. The van der Waals surface area contributed by atoms with Gasteiger partial charge in [0.15, 0.2) is 17.2 Å². The van der Waals surface area contributed by atoms with Crippen molar-refractivity contribution in [3.05, 3.63) is 17.7 Å². The Bertz CT molecular complexity index is 385. The molecular formula is C9H10O5. The van der Waals surface area contributed by atoms with Crippen molar-refractivity contribution in [3.63, 3.8) is 0 Å². The first-order valence-corrected chi connectivity index (χ1v) is 3.92. The summed E-state index contributed by atoms with van der Waals surface area (Å²) in [4.78, 5) is 11.4. The summed E-state index contributed by atoms with van der Waals surface area (Å²) < 4.78 is 25.0. The Balaban J connectivity index is 3.22. The van der Waals surface area contributed by atoms with Crippen molar-refractivity contribution < 1.29 is 24.9 Å². The van der Waals surface area contributed by atoms with Crippen molar-refractivity contribution in [2.75, 3.05) is 6.61 Å². The molecule has 0 aliphatic heterocycles. The van der Waals surface area contributed by atoms with E-state index in [4.69, 9.17) is 9.03 Å². The molecule has 14 heavy (non-hydrogen) atoms. The van der Waals surface area contributed by atoms with Gasteiger partial charge in [-0.25, -0.2) is 4.79 Å². The third-order valence-corrected chi connectivity index (χ3v) is 1.53. The minimum absolute atomic E-state index is 0.0390. The van der Waals surface area contributed by atoms with Crippen LogP contribution in [0.3, 0.4) is 0 Å². The second-order valence-corrected chi connectivity index (χ2v) is 2.52. The third-order valence-electron chi connectivity index (χ3n) is 1.53. The summed E-state index contributed by atoms with van der Waals surface area (Å²) in [6.07, 6.45) is 0. The molecule has 76 valence electrons. The van der Waals surface area contributed by atoms with E-state index >= 15 is 0 Å². The Labute approximate surface area is 84.7 Å². The monoisotopic (exact) mass is 201 g/mol. The molecule has 1 aromatic carbocycles. The number of carbonyl (C=O) groups is 1. The molecule has 0 fully saturated rings. The Morgan fingerprint density at radius 1 is 1.43 bits per heavy atom. The first kappa shape index (κ1) is 6.53. The fraction of sp³-hybridized carbons (Fsp3) is 0.222. The van der Waals surface area contributed by atoms with Gasteiger partial charge in [0.05, 0.1) is 12.2 Å². The minimum Gasteiger partial charge on any atom is -0.504 e. The lowest BCUT2D eigenvalue weighted by atomic mass is 10.2. The molecule has 0 radical (unpaired) electrons. The van der Waals surface area contributed by atoms with Gasteiger partial charge in [-0.05, 0) is 19.1 Å². The van der Waals surface area contributed by atoms with Crippen LogP contribution in [0.2, 0.25) is 0 Å². The van der Waals surface area contributed by atoms with E-state index in [-0.39, 0.29) is 29.4 Å². The predicted molar refractivity (Wildman–Crippen MR) is 47.4 cm³/mol. The molecule has 0 heterocycles. The maximum absolute atomic E-state index is 11.4. The van der Waals surface area contributed by atoms with Crippen molar-refractivity contribution in [2.45, 2.75) is 6.92 Å². The van der Waals surface area contributed by atoms with Crippen LogP contribution in [-0.2, 0) is 4.74 Å². The van der Waals surface area contributed by atoms with Crippen LogP contribution in [0.1, 0.15) is 17.3 Å². The van der Waals surface area contributed by atoms with Crippen molar-refractivity contribution in [2.24, 2.45) is 0 Å². The van der Waals surface area contributed by atoms with Gasteiger partial charge in [0.25, 0.3) is 4.29 Å². The first-order valence-electron chi connectivity index (χ1n) is 5.15. The zero-order valence-electron chi connectivity index (χ0n) is 10.4. The van der Waals surface area contributed by atoms with E-state index in [9.17, 15) is 4.79 Å². The number of aromatic hydroxyl groups is 3. The van der Waals surface area contributed by atoms with Crippen molar-refractivity contribution >= 4 is 5.97 Å². The van der Waals surface area contributed by atoms with Crippen molar-refractivity contribution in [1.82, 2.24) is 0 Å². The van der Waals surface area contributed by atoms with Crippen LogP contribution in [0.25, 0.3) is 0 Å². The van der Waals surface area contributed by atoms with E-state index in [1.165, 1.54) is 0 Å². The largest absolute Gasteiger partial charge is 0.504 e. The molecule has 0 aromatic heterocycles. The van der Waals surface area contributed by atoms with Gasteiger partial charge < -0.3 is 20.1 Å². The average Bonchev–Trinajstić information content (AvgIpc) is 2.37. The molecule has 0 bridgehead atoms. The fourth-order valence-corrected chi connectivity index (χ4v) is 0.909. The lowest BCUT2D eigenvalue weighted by Crippen LogP contribution is -2.04. The predicted octanol–water partition coefficient (Wildman–Crippen LogP) is 0.980. The lowest BCUT2D eigenvalue weighted by molar-refractivity contribution is 0.0525. The number of hydrogen-bond donors (Lipinski definition) is 3. The highest BCUT2D eigenvalue weighted by molar-refractivity contribution is 5.91. The fourth-order valence-electron chi connectivity index (χ4n) is 0.909. The van der Waals surface area contributed by atoms with E-state index in [1.807, 2.05) is 0 Å². The van der Waals surface area contributed by atoms with Crippen LogP contribution < -0.4 is 0 Å². The maximum Gasteiger partial charge on any atom is 0.338 e. The SMILES string of the molecule is [2H]Oc1cc(C(=O)OCC)cc(O[2H])c1O[2H]. The Morgan fingerprint density at radius 3 is 2.50 bits per heavy atom. The number of phenolic OH excluding ortho intramolecular Hbond substituents is 3. The highest BCUT2D eigenvalue weighted by Gasteiger charge is 2.13. The molecule has 0 atom stereocenters. The molecule has 0 saturated heterocycles. The third kappa shape index (κ3) is 1.87. The van der Waals surface area contributed by atoms with E-state index < -0.39 is 5.97 Å². The normalized spacial score (nSPS) is 11.9. The zero-order valence-corrected chi connectivity index (χ0v) is 7.40. The van der Waals surface area contributed by atoms with Gasteiger partial charge in [0, 0.05) is 0 Å². The topological polar surface area (TPSA) is 87.0 Å². The second-order valence-electron chi connectivity index (χ2n) is 2.52. The first-order chi connectivity index (χ1) is 8.17. The number of benzene rings is 1. The molecule has 0 saturated carbocycles. The van der Waals surface area contributed by atoms with Crippen LogP contribution in [0.4, 0.5) is 0 Å². The summed E-state index contributed by atoms with van der Waals surface area (Å²) >= 11 is 0. The molecular weight excluding hydrogens is 188 g/mol. The minimum atomic E-state index is -0.652. The molecule has 0 aliphatic rings. The van der Waals surface area contributed by atoms with E-state index in [2.05, 4.69) is 15.3 Å². The molecule has 0 unspecified atom stereocenters. The number of ether oxygens (including phenoxy) is 1. The summed E-state index contributed by atoms with van der Waals surface area (Å²) in [7, 11) is 0. The van der Waals surface area contributed by atoms with E-state index in [0.717, 1.165) is 12.1 Å². The maximum atomic E-state index is 11.4. The summed E-state index contributed by atoms with van der Waals surface area (Å²) in [5.41, 5.74) is 0.0390. The Kier molecular flexibility index (Phi) is 1.80. The van der Waals surface area contributed by atoms with Crippen molar-refractivity contribution in [3.8, 4) is 17.2 Å². The number of hydrogen-bond acceptors (Lipinski definition) is 5. The molecule has 0 aliphatic carbocycles. The van der Waals surface area contributed by atoms with Gasteiger partial charge in [-0.1, -0.05) is 0 Å². The van der Waals surface area contributed by atoms with Gasteiger partial charge in [-0.15, -0.1) is 0 Å².